The van der Waals surface area contributed by atoms with E-state index in [0.29, 0.717) is 24.8 Å². The molecule has 0 unspecified atom stereocenters. The third kappa shape index (κ3) is 4.12. The highest BCUT2D eigenvalue weighted by Gasteiger charge is 2.06. The maximum absolute atomic E-state index is 5.51. The lowest BCUT2D eigenvalue weighted by Gasteiger charge is -2.04. The molecule has 5 N–H and O–H groups in total. The first-order valence-electron chi connectivity index (χ1n) is 6.38. The highest BCUT2D eigenvalue weighted by Crippen LogP contribution is 2.01. The van der Waals surface area contributed by atoms with Crippen LogP contribution in [0.15, 0.2) is 6.20 Å². The minimum absolute atomic E-state index is 0.103. The van der Waals surface area contributed by atoms with Gasteiger partial charge < -0.3 is 16.8 Å². The molecule has 9 nitrogen and oxygen atoms in total. The smallest absolute Gasteiger partial charge is 0.225 e. The molecule has 9 heteroatoms. The second-order valence-electron chi connectivity index (χ2n) is 4.90. The molecule has 2 rings (SSSR count). The summed E-state index contributed by atoms with van der Waals surface area (Å²) in [6.45, 7) is 6.28. The van der Waals surface area contributed by atoms with Crippen LogP contribution < -0.4 is 16.8 Å². The molecule has 0 amide bonds. The van der Waals surface area contributed by atoms with Crippen LogP contribution >= 0.6 is 0 Å². The van der Waals surface area contributed by atoms with Crippen LogP contribution in [0.2, 0.25) is 0 Å². The average molecular weight is 277 g/mol. The van der Waals surface area contributed by atoms with Crippen molar-refractivity contribution in [1.29, 1.82) is 0 Å². The van der Waals surface area contributed by atoms with E-state index in [1.165, 1.54) is 0 Å². The summed E-state index contributed by atoms with van der Waals surface area (Å²) in [4.78, 5) is 11.7. The van der Waals surface area contributed by atoms with Crippen molar-refractivity contribution in [2.24, 2.45) is 5.92 Å². The molecule has 0 aromatic carbocycles. The first kappa shape index (κ1) is 14.1. The molecular formula is C11H19N9. The van der Waals surface area contributed by atoms with Crippen LogP contribution in [0.3, 0.4) is 0 Å². The van der Waals surface area contributed by atoms with Gasteiger partial charge in [0.25, 0.3) is 0 Å². The van der Waals surface area contributed by atoms with E-state index in [0.717, 1.165) is 12.2 Å². The van der Waals surface area contributed by atoms with Crippen molar-refractivity contribution in [2.75, 3.05) is 18.0 Å². The van der Waals surface area contributed by atoms with E-state index in [2.05, 4.69) is 44.4 Å². The van der Waals surface area contributed by atoms with E-state index in [1.54, 1.807) is 4.68 Å². The van der Waals surface area contributed by atoms with Gasteiger partial charge >= 0.3 is 0 Å². The zero-order chi connectivity index (χ0) is 14.5. The van der Waals surface area contributed by atoms with Gasteiger partial charge in [-0.2, -0.15) is 15.0 Å². The van der Waals surface area contributed by atoms with Gasteiger partial charge in [0, 0.05) is 6.54 Å². The molecule has 2 aromatic rings. The van der Waals surface area contributed by atoms with E-state index >= 15 is 0 Å². The summed E-state index contributed by atoms with van der Waals surface area (Å²) in [5, 5.41) is 11.4. The zero-order valence-electron chi connectivity index (χ0n) is 11.6. The van der Waals surface area contributed by atoms with Crippen molar-refractivity contribution in [2.45, 2.75) is 26.9 Å². The maximum atomic E-state index is 5.51. The fourth-order valence-corrected chi connectivity index (χ4v) is 1.66. The summed E-state index contributed by atoms with van der Waals surface area (Å²) in [6.07, 6.45) is 1.84. The number of aromatic nitrogens is 6. The number of nitrogen functional groups attached to an aromatic ring is 2. The number of nitrogens with two attached hydrogens (primary N) is 2. The number of anilines is 2. The second-order valence-corrected chi connectivity index (χ2v) is 4.90. The zero-order valence-corrected chi connectivity index (χ0v) is 11.6. The normalized spacial score (nSPS) is 11.2. The largest absolute Gasteiger partial charge is 0.368 e. The Morgan fingerprint density at radius 1 is 1.20 bits per heavy atom. The van der Waals surface area contributed by atoms with Gasteiger partial charge in [0.05, 0.1) is 11.9 Å². The Morgan fingerprint density at radius 3 is 2.55 bits per heavy atom. The molecule has 2 aromatic heterocycles. The molecule has 0 atom stereocenters. The van der Waals surface area contributed by atoms with Crippen molar-refractivity contribution in [3.63, 3.8) is 0 Å². The maximum Gasteiger partial charge on any atom is 0.225 e. The lowest BCUT2D eigenvalue weighted by atomic mass is 10.2. The van der Waals surface area contributed by atoms with Gasteiger partial charge in [-0.05, 0) is 12.5 Å². The molecule has 20 heavy (non-hydrogen) atoms. The van der Waals surface area contributed by atoms with Crippen molar-refractivity contribution in [3.05, 3.63) is 17.7 Å². The molecule has 0 bridgehead atoms. The van der Waals surface area contributed by atoms with Crippen LogP contribution in [0.5, 0.6) is 0 Å². The second kappa shape index (κ2) is 6.24. The Balaban J connectivity index is 1.95. The Bertz CT molecular complexity index is 543. The van der Waals surface area contributed by atoms with Crippen molar-refractivity contribution < 1.29 is 0 Å². The lowest BCUT2D eigenvalue weighted by molar-refractivity contribution is 0.548. The van der Waals surface area contributed by atoms with Crippen LogP contribution in [0.1, 0.15) is 25.4 Å². The highest BCUT2D eigenvalue weighted by atomic mass is 15.4. The molecule has 0 spiro atoms. The van der Waals surface area contributed by atoms with Crippen molar-refractivity contribution in [3.8, 4) is 0 Å². The molecule has 0 aliphatic heterocycles. The van der Waals surface area contributed by atoms with Gasteiger partial charge in [-0.3, -0.25) is 0 Å². The van der Waals surface area contributed by atoms with E-state index in [-0.39, 0.29) is 11.9 Å². The minimum Gasteiger partial charge on any atom is -0.368 e. The predicted octanol–water partition coefficient (Wildman–Crippen LogP) is -0.579. The topological polar surface area (TPSA) is 133 Å². The van der Waals surface area contributed by atoms with Crippen LogP contribution in [0.25, 0.3) is 0 Å². The van der Waals surface area contributed by atoms with Crippen molar-refractivity contribution >= 4 is 11.9 Å². The molecule has 0 aliphatic carbocycles. The van der Waals surface area contributed by atoms with Crippen LogP contribution in [0.4, 0.5) is 11.9 Å². The lowest BCUT2D eigenvalue weighted by Crippen LogP contribution is -2.19. The van der Waals surface area contributed by atoms with E-state index < -0.39 is 0 Å². The van der Waals surface area contributed by atoms with E-state index in [9.17, 15) is 0 Å². The Kier molecular flexibility index (Phi) is 4.41. The summed E-state index contributed by atoms with van der Waals surface area (Å²) in [5.74, 6) is 1.26. The molecule has 0 saturated heterocycles. The first-order chi connectivity index (χ1) is 9.52. The molecule has 0 saturated carbocycles. The summed E-state index contributed by atoms with van der Waals surface area (Å²) < 4.78 is 1.64. The van der Waals surface area contributed by atoms with Gasteiger partial charge in [-0.25, -0.2) is 4.68 Å². The van der Waals surface area contributed by atoms with E-state index in [4.69, 9.17) is 11.5 Å². The summed E-state index contributed by atoms with van der Waals surface area (Å²) in [5.41, 5.74) is 11.9. The van der Waals surface area contributed by atoms with Gasteiger partial charge in [-0.15, -0.1) is 5.10 Å². The third-order valence-corrected chi connectivity index (χ3v) is 2.46. The average Bonchev–Trinajstić information content (AvgIpc) is 2.74. The molecule has 0 fully saturated rings. The standard InChI is InChI=1S/C11H19N9/c1-7(2)3-14-4-8-5-20(19-18-8)6-9-15-10(12)17-11(13)16-9/h5,7,14H,3-4,6H2,1-2H3,(H4,12,13,15,16,17). The van der Waals surface area contributed by atoms with Crippen LogP contribution in [-0.4, -0.2) is 36.5 Å². The van der Waals surface area contributed by atoms with Crippen LogP contribution in [-0.2, 0) is 13.1 Å². The Hall–Kier alpha value is -2.29. The summed E-state index contributed by atoms with van der Waals surface area (Å²) in [7, 11) is 0. The molecular weight excluding hydrogens is 258 g/mol. The number of nitrogens with zero attached hydrogens (tertiary/aromatic N) is 6. The quantitative estimate of drug-likeness (QED) is 0.638. The van der Waals surface area contributed by atoms with Crippen LogP contribution in [0, 0.1) is 5.92 Å². The summed E-state index contributed by atoms with van der Waals surface area (Å²) >= 11 is 0. The van der Waals surface area contributed by atoms with Gasteiger partial charge in [0.15, 0.2) is 5.82 Å². The molecule has 2 heterocycles. The highest BCUT2D eigenvalue weighted by molar-refractivity contribution is 5.25. The van der Waals surface area contributed by atoms with E-state index in [1.807, 2.05) is 6.20 Å². The fourth-order valence-electron chi connectivity index (χ4n) is 1.66. The Labute approximate surface area is 116 Å². The SMILES string of the molecule is CC(C)CNCc1cn(Cc2nc(N)nc(N)n2)nn1. The third-order valence-electron chi connectivity index (χ3n) is 2.46. The summed E-state index contributed by atoms with van der Waals surface area (Å²) in [6, 6.07) is 0. The number of hydrogen-bond donors (Lipinski definition) is 3. The molecule has 0 radical (unpaired) electrons. The van der Waals surface area contributed by atoms with Gasteiger partial charge in [0.1, 0.15) is 6.54 Å². The predicted molar refractivity (Wildman–Crippen MR) is 74.3 cm³/mol. The number of rotatable bonds is 6. The Morgan fingerprint density at radius 2 is 1.90 bits per heavy atom. The van der Waals surface area contributed by atoms with Crippen molar-refractivity contribution in [1.82, 2.24) is 35.3 Å². The molecule has 108 valence electrons. The fraction of sp³-hybridized carbons (Fsp3) is 0.545. The monoisotopic (exact) mass is 277 g/mol. The molecule has 0 aliphatic rings. The van der Waals surface area contributed by atoms with Gasteiger partial charge in [0.2, 0.25) is 11.9 Å². The number of nitrogens with one attached hydrogen (secondary N) is 1. The first-order valence-corrected chi connectivity index (χ1v) is 6.38. The minimum atomic E-state index is 0.103. The number of hydrogen-bond acceptors (Lipinski definition) is 8. The van der Waals surface area contributed by atoms with Gasteiger partial charge in [-0.1, -0.05) is 19.1 Å².